The maximum Gasteiger partial charge on any atom is 0.279 e. The quantitative estimate of drug-likeness (QED) is 0.681. The lowest BCUT2D eigenvalue weighted by atomic mass is 10.2. The van der Waals surface area contributed by atoms with Crippen molar-refractivity contribution in [2.45, 2.75) is 0 Å². The number of methoxy groups -OCH3 is 2. The van der Waals surface area contributed by atoms with Gasteiger partial charge in [-0.2, -0.15) is 0 Å². The van der Waals surface area contributed by atoms with Crippen molar-refractivity contribution in [2.75, 3.05) is 14.2 Å². The second-order valence-corrected chi connectivity index (χ2v) is 7.46. The number of carbonyl (C=O) groups excluding carboxylic acids is 2. The largest absolute Gasteiger partial charge is 0.495 e. The Bertz CT molecular complexity index is 723. The number of hydrazine groups is 1. The van der Waals surface area contributed by atoms with Gasteiger partial charge < -0.3 is 9.47 Å². The lowest BCUT2D eigenvalue weighted by Gasteiger charge is -2.12. The predicted molar refractivity (Wildman–Crippen MR) is 94.2 cm³/mol. The number of hydrogen-bond donors (Lipinski definition) is 2. The fourth-order valence-electron chi connectivity index (χ4n) is 1.68. The minimum Gasteiger partial charge on any atom is -0.495 e. The molecule has 1 aromatic carbocycles. The molecule has 2 aromatic rings. The van der Waals surface area contributed by atoms with Gasteiger partial charge in [0.15, 0.2) is 0 Å². The summed E-state index contributed by atoms with van der Waals surface area (Å²) in [5.74, 6) is 0.00851. The lowest BCUT2D eigenvalue weighted by Crippen LogP contribution is -2.41. The van der Waals surface area contributed by atoms with E-state index in [0.717, 1.165) is 3.79 Å². The van der Waals surface area contributed by atoms with E-state index < -0.39 is 11.8 Å². The Balaban J connectivity index is 2.10. The maximum absolute atomic E-state index is 12.2. The Morgan fingerprint density at radius 3 is 2.04 bits per heavy atom. The van der Waals surface area contributed by atoms with Gasteiger partial charge in [-0.05, 0) is 56.1 Å². The molecule has 2 N–H and O–H groups in total. The van der Waals surface area contributed by atoms with Crippen molar-refractivity contribution in [3.63, 3.8) is 0 Å². The number of halogens is 2. The maximum atomic E-state index is 12.2. The third-order valence-electron chi connectivity index (χ3n) is 2.79. The zero-order valence-corrected chi connectivity index (χ0v) is 16.1. The number of thiophene rings is 1. The third-order valence-corrected chi connectivity index (χ3v) is 5.20. The number of amides is 2. The molecule has 0 fully saturated rings. The Hall–Kier alpha value is -1.58. The normalized spacial score (nSPS) is 10.1. The molecule has 0 saturated heterocycles. The zero-order valence-electron chi connectivity index (χ0n) is 12.1. The van der Waals surface area contributed by atoms with E-state index in [-0.39, 0.29) is 5.56 Å². The molecule has 0 atom stereocenters. The van der Waals surface area contributed by atoms with Crippen molar-refractivity contribution in [1.82, 2.24) is 10.9 Å². The Morgan fingerprint density at radius 2 is 1.57 bits per heavy atom. The fourth-order valence-corrected chi connectivity index (χ4v) is 3.52. The first kappa shape index (κ1) is 17.8. The summed E-state index contributed by atoms with van der Waals surface area (Å²) in [7, 11) is 2.97. The molecule has 6 nitrogen and oxygen atoms in total. The molecule has 122 valence electrons. The van der Waals surface area contributed by atoms with Crippen LogP contribution >= 0.6 is 43.2 Å². The number of carbonyl (C=O) groups is 2. The summed E-state index contributed by atoms with van der Waals surface area (Å²) >= 11 is 7.86. The van der Waals surface area contributed by atoms with Crippen molar-refractivity contribution in [1.29, 1.82) is 0 Å². The number of hydrogen-bond acceptors (Lipinski definition) is 5. The van der Waals surface area contributed by atoms with Gasteiger partial charge in [0.25, 0.3) is 11.8 Å². The minimum atomic E-state index is -0.488. The topological polar surface area (TPSA) is 76.7 Å². The number of nitrogens with one attached hydrogen (secondary N) is 2. The first-order chi connectivity index (χ1) is 11.0. The van der Waals surface area contributed by atoms with E-state index in [1.165, 1.54) is 37.7 Å². The van der Waals surface area contributed by atoms with E-state index in [1.54, 1.807) is 12.1 Å². The van der Waals surface area contributed by atoms with Gasteiger partial charge in [0.05, 0.1) is 22.9 Å². The fraction of sp³-hybridized carbons (Fsp3) is 0.143. The Morgan fingerprint density at radius 1 is 1.00 bits per heavy atom. The van der Waals surface area contributed by atoms with Crippen LogP contribution in [-0.4, -0.2) is 26.0 Å². The number of benzene rings is 1. The van der Waals surface area contributed by atoms with Gasteiger partial charge in [0, 0.05) is 5.56 Å². The molecule has 0 spiro atoms. The minimum absolute atomic E-state index is 0.287. The summed E-state index contributed by atoms with van der Waals surface area (Å²) in [5.41, 5.74) is 5.00. The van der Waals surface area contributed by atoms with Crippen LogP contribution in [0.5, 0.6) is 11.5 Å². The molecule has 0 bridgehead atoms. The highest BCUT2D eigenvalue weighted by Crippen LogP contribution is 2.35. The first-order valence-electron chi connectivity index (χ1n) is 6.23. The van der Waals surface area contributed by atoms with Gasteiger partial charge in [-0.25, -0.2) is 0 Å². The van der Waals surface area contributed by atoms with Crippen molar-refractivity contribution in [3.05, 3.63) is 43.0 Å². The SMILES string of the molecule is COc1cc(C(=O)NNC(=O)c2ccc(Br)s2)cc(OC)c1Br. The summed E-state index contributed by atoms with van der Waals surface area (Å²) in [6.07, 6.45) is 0. The Labute approximate surface area is 153 Å². The van der Waals surface area contributed by atoms with Crippen LogP contribution < -0.4 is 20.3 Å². The zero-order chi connectivity index (χ0) is 17.0. The summed E-state index contributed by atoms with van der Waals surface area (Å²) in [6.45, 7) is 0. The molecular formula is C14H12Br2N2O4S. The second-order valence-electron chi connectivity index (χ2n) is 4.21. The number of ether oxygens (including phenoxy) is 2. The summed E-state index contributed by atoms with van der Waals surface area (Å²) in [6, 6.07) is 6.49. The molecular weight excluding hydrogens is 452 g/mol. The van der Waals surface area contributed by atoms with Crippen LogP contribution in [-0.2, 0) is 0 Å². The molecule has 2 amide bonds. The average Bonchev–Trinajstić information content (AvgIpc) is 2.99. The van der Waals surface area contributed by atoms with E-state index in [4.69, 9.17) is 9.47 Å². The van der Waals surface area contributed by atoms with E-state index in [0.29, 0.717) is 20.8 Å². The van der Waals surface area contributed by atoms with Crippen molar-refractivity contribution in [2.24, 2.45) is 0 Å². The van der Waals surface area contributed by atoms with E-state index in [2.05, 4.69) is 42.7 Å². The third kappa shape index (κ3) is 4.24. The van der Waals surface area contributed by atoms with Gasteiger partial charge in [-0.1, -0.05) is 0 Å². The van der Waals surface area contributed by atoms with Gasteiger partial charge in [-0.3, -0.25) is 20.4 Å². The van der Waals surface area contributed by atoms with Crippen molar-refractivity contribution < 1.29 is 19.1 Å². The van der Waals surface area contributed by atoms with Crippen molar-refractivity contribution in [3.8, 4) is 11.5 Å². The van der Waals surface area contributed by atoms with Crippen LogP contribution in [0.3, 0.4) is 0 Å². The standard InChI is InChI=1S/C14H12Br2N2O4S/c1-21-8-5-7(6-9(22-2)12(8)16)13(19)17-18-14(20)10-3-4-11(15)23-10/h3-6H,1-2H3,(H,17,19)(H,18,20). The molecule has 1 heterocycles. The molecule has 1 aromatic heterocycles. The first-order valence-corrected chi connectivity index (χ1v) is 8.64. The van der Waals surface area contributed by atoms with E-state index in [9.17, 15) is 9.59 Å². The lowest BCUT2D eigenvalue weighted by molar-refractivity contribution is 0.0848. The highest BCUT2D eigenvalue weighted by Gasteiger charge is 2.16. The van der Waals surface area contributed by atoms with Crippen LogP contribution in [0.15, 0.2) is 32.5 Å². The monoisotopic (exact) mass is 462 g/mol. The van der Waals surface area contributed by atoms with Crippen LogP contribution in [0.25, 0.3) is 0 Å². The predicted octanol–water partition coefficient (Wildman–Crippen LogP) is 3.37. The molecule has 0 unspecified atom stereocenters. The molecule has 2 rings (SSSR count). The van der Waals surface area contributed by atoms with E-state index >= 15 is 0 Å². The van der Waals surface area contributed by atoms with E-state index in [1.807, 2.05) is 0 Å². The molecule has 0 aliphatic heterocycles. The Kier molecular flexibility index (Phi) is 6.03. The summed E-state index contributed by atoms with van der Waals surface area (Å²) in [4.78, 5) is 24.6. The van der Waals surface area contributed by atoms with Gasteiger partial charge in [0.2, 0.25) is 0 Å². The molecule has 0 aliphatic carbocycles. The molecule has 0 saturated carbocycles. The highest BCUT2D eigenvalue weighted by atomic mass is 79.9. The highest BCUT2D eigenvalue weighted by molar-refractivity contribution is 9.11. The van der Waals surface area contributed by atoms with Crippen LogP contribution in [0.4, 0.5) is 0 Å². The molecule has 9 heteroatoms. The summed E-state index contributed by atoms with van der Waals surface area (Å²) < 4.78 is 11.8. The van der Waals surface area contributed by atoms with Crippen LogP contribution in [0.1, 0.15) is 20.0 Å². The number of rotatable bonds is 4. The molecule has 23 heavy (non-hydrogen) atoms. The average molecular weight is 464 g/mol. The van der Waals surface area contributed by atoms with Gasteiger partial charge in [-0.15, -0.1) is 11.3 Å². The second kappa shape index (κ2) is 7.80. The van der Waals surface area contributed by atoms with Crippen molar-refractivity contribution >= 4 is 55.0 Å². The van der Waals surface area contributed by atoms with Gasteiger partial charge in [0.1, 0.15) is 16.0 Å². The molecule has 0 radical (unpaired) electrons. The van der Waals surface area contributed by atoms with Crippen LogP contribution in [0.2, 0.25) is 0 Å². The summed E-state index contributed by atoms with van der Waals surface area (Å²) in [5, 5.41) is 0. The van der Waals surface area contributed by atoms with Gasteiger partial charge >= 0.3 is 0 Å². The smallest absolute Gasteiger partial charge is 0.279 e. The van der Waals surface area contributed by atoms with Crippen LogP contribution in [0, 0.1) is 0 Å². The molecule has 0 aliphatic rings.